The quantitative estimate of drug-likeness (QED) is 0.788. The van der Waals surface area contributed by atoms with E-state index in [-0.39, 0.29) is 17.4 Å². The lowest BCUT2D eigenvalue weighted by Gasteiger charge is -2.32. The van der Waals surface area contributed by atoms with Crippen LogP contribution in [0.5, 0.6) is 0 Å². The maximum absolute atomic E-state index is 12.8. The highest BCUT2D eigenvalue weighted by atomic mass is 79.9. The van der Waals surface area contributed by atoms with Crippen molar-refractivity contribution in [1.82, 2.24) is 4.31 Å². The number of anilines is 1. The van der Waals surface area contributed by atoms with E-state index in [1.807, 2.05) is 0 Å². The van der Waals surface area contributed by atoms with Gasteiger partial charge in [-0.2, -0.15) is 4.31 Å². The predicted molar refractivity (Wildman–Crippen MR) is 86.5 cm³/mol. The van der Waals surface area contributed by atoms with Crippen LogP contribution in [-0.2, 0) is 10.0 Å². The van der Waals surface area contributed by atoms with E-state index in [4.69, 9.17) is 10.8 Å². The number of sulfonamides is 1. The molecule has 1 aliphatic rings. The maximum atomic E-state index is 12.8. The van der Waals surface area contributed by atoms with E-state index in [1.165, 1.54) is 10.4 Å². The number of nitrogens with two attached hydrogens (primary N) is 1. The number of nitrogen functional groups attached to an aromatic ring is 1. The molecule has 0 saturated carbocycles. The first-order valence-electron chi connectivity index (χ1n) is 7.03. The second kappa shape index (κ2) is 6.64. The Labute approximate surface area is 134 Å². The molecule has 3 N–H and O–H groups in total. The van der Waals surface area contributed by atoms with Crippen LogP contribution in [-0.4, -0.2) is 37.5 Å². The number of aliphatic hydroxyl groups is 1. The normalized spacial score (nSPS) is 20.6. The first-order chi connectivity index (χ1) is 9.86. The molecular formula is C14H21BrN2O3S. The minimum atomic E-state index is -3.53. The number of nitrogens with zero attached hydrogens (tertiary/aromatic N) is 1. The zero-order chi connectivity index (χ0) is 15.6. The third-order valence-corrected chi connectivity index (χ3v) is 6.63. The highest BCUT2D eigenvalue weighted by molar-refractivity contribution is 9.10. The number of aryl methyl sites for hydroxylation is 1. The van der Waals surface area contributed by atoms with Gasteiger partial charge in [0.05, 0.1) is 4.90 Å². The Morgan fingerprint density at radius 1 is 1.48 bits per heavy atom. The molecule has 21 heavy (non-hydrogen) atoms. The number of rotatable bonds is 4. The summed E-state index contributed by atoms with van der Waals surface area (Å²) in [4.78, 5) is 0.271. The van der Waals surface area contributed by atoms with Crippen molar-refractivity contribution in [3.05, 3.63) is 22.2 Å². The van der Waals surface area contributed by atoms with Crippen molar-refractivity contribution in [3.63, 3.8) is 0 Å². The van der Waals surface area contributed by atoms with Gasteiger partial charge in [0.25, 0.3) is 0 Å². The zero-order valence-electron chi connectivity index (χ0n) is 12.0. The lowest BCUT2D eigenvalue weighted by Crippen LogP contribution is -2.40. The molecule has 0 aliphatic carbocycles. The molecule has 7 heteroatoms. The Morgan fingerprint density at radius 3 is 2.86 bits per heavy atom. The molecule has 1 aromatic carbocycles. The van der Waals surface area contributed by atoms with E-state index in [9.17, 15) is 8.42 Å². The maximum Gasteiger partial charge on any atom is 0.243 e. The Bertz CT molecular complexity index is 617. The van der Waals surface area contributed by atoms with Gasteiger partial charge in [-0.3, -0.25) is 0 Å². The summed E-state index contributed by atoms with van der Waals surface area (Å²) in [5.74, 6) is 0.228. The van der Waals surface area contributed by atoms with Crippen LogP contribution in [0.15, 0.2) is 21.5 Å². The van der Waals surface area contributed by atoms with Crippen molar-refractivity contribution in [2.45, 2.75) is 31.1 Å². The average molecular weight is 377 g/mol. The third-order valence-electron chi connectivity index (χ3n) is 3.93. The van der Waals surface area contributed by atoms with Crippen LogP contribution in [0.4, 0.5) is 5.69 Å². The van der Waals surface area contributed by atoms with Crippen LogP contribution in [0.1, 0.15) is 24.8 Å². The molecule has 0 bridgehead atoms. The molecule has 1 saturated heterocycles. The molecule has 0 spiro atoms. The molecule has 0 aromatic heterocycles. The van der Waals surface area contributed by atoms with Gasteiger partial charge in [-0.1, -0.05) is 0 Å². The minimum absolute atomic E-state index is 0.100. The van der Waals surface area contributed by atoms with Gasteiger partial charge in [-0.15, -0.1) is 0 Å². The number of halogens is 1. The molecule has 118 valence electrons. The fourth-order valence-corrected chi connectivity index (χ4v) is 5.00. The van der Waals surface area contributed by atoms with Gasteiger partial charge < -0.3 is 10.8 Å². The van der Waals surface area contributed by atoms with Crippen LogP contribution in [0.2, 0.25) is 0 Å². The number of piperidine rings is 1. The monoisotopic (exact) mass is 376 g/mol. The van der Waals surface area contributed by atoms with Crippen molar-refractivity contribution in [3.8, 4) is 0 Å². The van der Waals surface area contributed by atoms with Gasteiger partial charge in [0, 0.05) is 29.9 Å². The molecule has 1 atom stereocenters. The molecule has 0 amide bonds. The Morgan fingerprint density at radius 2 is 2.19 bits per heavy atom. The SMILES string of the molecule is Cc1cc(Br)c(N)cc1S(=O)(=O)N1CCCC(CCO)C1. The number of hydrogen-bond donors (Lipinski definition) is 2. The van der Waals surface area contributed by atoms with E-state index in [2.05, 4.69) is 15.9 Å². The fraction of sp³-hybridized carbons (Fsp3) is 0.571. The summed E-state index contributed by atoms with van der Waals surface area (Å²) in [7, 11) is -3.53. The number of aliphatic hydroxyl groups excluding tert-OH is 1. The van der Waals surface area contributed by atoms with Crippen molar-refractivity contribution in [2.24, 2.45) is 5.92 Å². The first kappa shape index (κ1) is 16.7. The standard InChI is InChI=1S/C14H21BrN2O3S/c1-10-7-12(15)13(16)8-14(10)21(19,20)17-5-2-3-11(9-17)4-6-18/h7-8,11,18H,2-6,9,16H2,1H3. The largest absolute Gasteiger partial charge is 0.398 e. The smallest absolute Gasteiger partial charge is 0.243 e. The van der Waals surface area contributed by atoms with Crippen LogP contribution in [0, 0.1) is 12.8 Å². The minimum Gasteiger partial charge on any atom is -0.398 e. The summed E-state index contributed by atoms with van der Waals surface area (Å²) in [6.07, 6.45) is 2.44. The molecule has 1 aliphatic heterocycles. The Hall–Kier alpha value is -0.630. The van der Waals surface area contributed by atoms with Crippen molar-refractivity contribution in [2.75, 3.05) is 25.4 Å². The molecule has 1 fully saturated rings. The molecule has 1 unspecified atom stereocenters. The van der Waals surface area contributed by atoms with Crippen molar-refractivity contribution >= 4 is 31.6 Å². The zero-order valence-corrected chi connectivity index (χ0v) is 14.5. The third kappa shape index (κ3) is 3.59. The molecule has 0 radical (unpaired) electrons. The topological polar surface area (TPSA) is 83.6 Å². The number of benzene rings is 1. The van der Waals surface area contributed by atoms with Crippen LogP contribution in [0.3, 0.4) is 0 Å². The molecule has 1 heterocycles. The lowest BCUT2D eigenvalue weighted by molar-refractivity contribution is 0.203. The van der Waals surface area contributed by atoms with Gasteiger partial charge in [0.15, 0.2) is 0 Å². The second-order valence-corrected chi connectivity index (χ2v) is 8.28. The van der Waals surface area contributed by atoms with Gasteiger partial charge in [0.2, 0.25) is 10.0 Å². The van der Waals surface area contributed by atoms with E-state index in [1.54, 1.807) is 13.0 Å². The van der Waals surface area contributed by atoms with E-state index in [0.29, 0.717) is 35.2 Å². The first-order valence-corrected chi connectivity index (χ1v) is 9.26. The van der Waals surface area contributed by atoms with Crippen LogP contribution in [0.25, 0.3) is 0 Å². The highest BCUT2D eigenvalue weighted by Crippen LogP contribution is 2.31. The summed E-state index contributed by atoms with van der Waals surface area (Å²) < 4.78 is 27.9. The lowest BCUT2D eigenvalue weighted by atomic mass is 9.97. The molecule has 5 nitrogen and oxygen atoms in total. The van der Waals surface area contributed by atoms with E-state index >= 15 is 0 Å². The summed E-state index contributed by atoms with van der Waals surface area (Å²) in [5.41, 5.74) is 6.93. The van der Waals surface area contributed by atoms with Gasteiger partial charge in [-0.05, 0) is 65.7 Å². The summed E-state index contributed by atoms with van der Waals surface area (Å²) in [6, 6.07) is 3.25. The van der Waals surface area contributed by atoms with Crippen molar-refractivity contribution < 1.29 is 13.5 Å². The molecule has 1 aromatic rings. The second-order valence-electron chi connectivity index (χ2n) is 5.52. The fourth-order valence-electron chi connectivity index (χ4n) is 2.75. The molecular weight excluding hydrogens is 356 g/mol. The molecule has 2 rings (SSSR count). The van der Waals surface area contributed by atoms with Gasteiger partial charge in [0.1, 0.15) is 0 Å². The van der Waals surface area contributed by atoms with Gasteiger partial charge >= 0.3 is 0 Å². The Balaban J connectivity index is 2.31. The van der Waals surface area contributed by atoms with Crippen LogP contribution < -0.4 is 5.73 Å². The highest BCUT2D eigenvalue weighted by Gasteiger charge is 2.31. The van der Waals surface area contributed by atoms with E-state index in [0.717, 1.165) is 12.8 Å². The van der Waals surface area contributed by atoms with E-state index < -0.39 is 10.0 Å². The Kier molecular flexibility index (Phi) is 5.29. The average Bonchev–Trinajstić information content (AvgIpc) is 2.43. The van der Waals surface area contributed by atoms with Gasteiger partial charge in [-0.25, -0.2) is 8.42 Å². The number of hydrogen-bond acceptors (Lipinski definition) is 4. The van der Waals surface area contributed by atoms with Crippen LogP contribution >= 0.6 is 15.9 Å². The van der Waals surface area contributed by atoms with Crippen molar-refractivity contribution in [1.29, 1.82) is 0 Å². The summed E-state index contributed by atoms with van der Waals surface area (Å²) >= 11 is 3.31. The predicted octanol–water partition coefficient (Wildman–Crippen LogP) is 2.12. The summed E-state index contributed by atoms with van der Waals surface area (Å²) in [5, 5.41) is 9.05. The summed E-state index contributed by atoms with van der Waals surface area (Å²) in [6.45, 7) is 2.87.